The monoisotopic (exact) mass is 187 g/mol. The number of nitrogens with two attached hydrogens (primary N) is 1. The van der Waals surface area contributed by atoms with Gasteiger partial charge in [-0.15, -0.1) is 0 Å². The number of rotatable bonds is 2. The molecule has 0 unspecified atom stereocenters. The molecule has 2 N–H and O–H groups in total. The largest absolute Gasteiger partial charge is 0.508 e. The fraction of sp³-hybridized carbons (Fsp3) is 0.889. The van der Waals surface area contributed by atoms with Gasteiger partial charge in [0.2, 0.25) is 0 Å². The van der Waals surface area contributed by atoms with Gasteiger partial charge in [0.05, 0.1) is 12.6 Å². The van der Waals surface area contributed by atoms with Gasteiger partial charge in [0.1, 0.15) is 6.61 Å². The molecule has 0 aliphatic heterocycles. The lowest BCUT2D eigenvalue weighted by atomic mass is 9.83. The molecular weight excluding hydrogens is 170 g/mol. The third-order valence-corrected chi connectivity index (χ3v) is 2.49. The molecule has 0 aromatic rings. The fourth-order valence-corrected chi connectivity index (χ4v) is 1.66. The van der Waals surface area contributed by atoms with Gasteiger partial charge in [0, 0.05) is 0 Å². The molecule has 0 aromatic carbocycles. The molecule has 0 heterocycles. The lowest BCUT2D eigenvalue weighted by Gasteiger charge is -2.32. The predicted octanol–water partition coefficient (Wildman–Crippen LogP) is 1.43. The number of carbonyl (C=O) groups excluding carboxylic acids is 1. The second-order valence-electron chi connectivity index (χ2n) is 3.67. The fourth-order valence-electron chi connectivity index (χ4n) is 1.66. The zero-order valence-electron chi connectivity index (χ0n) is 8.04. The van der Waals surface area contributed by atoms with Crippen molar-refractivity contribution in [2.24, 2.45) is 5.73 Å². The molecule has 1 rings (SSSR count). The van der Waals surface area contributed by atoms with Gasteiger partial charge in [-0.25, -0.2) is 4.79 Å². The topological polar surface area (TPSA) is 61.5 Å². The van der Waals surface area contributed by atoms with Crippen LogP contribution in [0, 0.1) is 0 Å². The first-order valence-corrected chi connectivity index (χ1v) is 4.66. The van der Waals surface area contributed by atoms with Crippen LogP contribution in [0.4, 0.5) is 4.79 Å². The molecular formula is C9H17NO3. The minimum absolute atomic E-state index is 0.277. The Morgan fingerprint density at radius 1 is 1.38 bits per heavy atom. The van der Waals surface area contributed by atoms with E-state index >= 15 is 0 Å². The summed E-state index contributed by atoms with van der Waals surface area (Å²) < 4.78 is 9.22. The van der Waals surface area contributed by atoms with E-state index in [1.54, 1.807) is 0 Å². The summed E-state index contributed by atoms with van der Waals surface area (Å²) in [6.07, 6.45) is 4.71. The normalized spacial score (nSPS) is 20.8. The number of hydrogen-bond donors (Lipinski definition) is 1. The molecule has 0 radical (unpaired) electrons. The van der Waals surface area contributed by atoms with Gasteiger partial charge in [0.25, 0.3) is 0 Å². The Bertz CT molecular complexity index is 176. The van der Waals surface area contributed by atoms with E-state index in [4.69, 9.17) is 10.5 Å². The van der Waals surface area contributed by atoms with E-state index in [0.717, 1.165) is 25.7 Å². The molecule has 0 aromatic heterocycles. The summed E-state index contributed by atoms with van der Waals surface area (Å²) in [4.78, 5) is 10.7. The van der Waals surface area contributed by atoms with Crippen molar-refractivity contribution in [3.05, 3.63) is 0 Å². The van der Waals surface area contributed by atoms with Crippen LogP contribution in [0.2, 0.25) is 0 Å². The zero-order chi connectivity index (χ0) is 9.73. The quantitative estimate of drug-likeness (QED) is 0.664. The Morgan fingerprint density at radius 3 is 2.54 bits per heavy atom. The van der Waals surface area contributed by atoms with Crippen LogP contribution in [0.1, 0.15) is 32.1 Å². The maximum absolute atomic E-state index is 10.7. The first-order valence-electron chi connectivity index (χ1n) is 4.66. The van der Waals surface area contributed by atoms with E-state index in [0.29, 0.717) is 0 Å². The minimum atomic E-state index is -0.643. The average Bonchev–Trinajstić information content (AvgIpc) is 2.15. The van der Waals surface area contributed by atoms with E-state index in [1.165, 1.54) is 13.5 Å². The molecule has 0 bridgehead atoms. The number of hydrogen-bond acceptors (Lipinski definition) is 4. The van der Waals surface area contributed by atoms with E-state index in [2.05, 4.69) is 4.74 Å². The standard InChI is InChI=1S/C9H17NO3/c1-12-8(11)13-7-9(10)5-3-2-4-6-9/h2-7,10H2,1H3. The molecule has 1 aliphatic rings. The Hall–Kier alpha value is -0.770. The summed E-state index contributed by atoms with van der Waals surface area (Å²) in [5.41, 5.74) is 5.72. The molecule has 0 saturated heterocycles. The lowest BCUT2D eigenvalue weighted by Crippen LogP contribution is -2.46. The minimum Gasteiger partial charge on any atom is -0.438 e. The number of ether oxygens (including phenoxy) is 2. The Labute approximate surface area is 78.4 Å². The Morgan fingerprint density at radius 2 is 2.00 bits per heavy atom. The first kappa shape index (κ1) is 10.3. The highest BCUT2D eigenvalue weighted by molar-refractivity contribution is 5.59. The maximum atomic E-state index is 10.7. The highest BCUT2D eigenvalue weighted by atomic mass is 16.7. The molecule has 4 heteroatoms. The van der Waals surface area contributed by atoms with Gasteiger partial charge >= 0.3 is 6.16 Å². The first-order chi connectivity index (χ1) is 6.16. The molecule has 0 amide bonds. The molecule has 1 fully saturated rings. The molecule has 4 nitrogen and oxygen atoms in total. The Kier molecular flexibility index (Phi) is 3.54. The zero-order valence-corrected chi connectivity index (χ0v) is 8.04. The van der Waals surface area contributed by atoms with Crippen molar-refractivity contribution in [1.29, 1.82) is 0 Å². The van der Waals surface area contributed by atoms with Gasteiger partial charge in [-0.3, -0.25) is 0 Å². The van der Waals surface area contributed by atoms with Crippen molar-refractivity contribution < 1.29 is 14.3 Å². The van der Waals surface area contributed by atoms with Crippen LogP contribution in [0.15, 0.2) is 0 Å². The van der Waals surface area contributed by atoms with Gasteiger partial charge in [0.15, 0.2) is 0 Å². The van der Waals surface area contributed by atoms with Gasteiger partial charge in [-0.05, 0) is 12.8 Å². The lowest BCUT2D eigenvalue weighted by molar-refractivity contribution is 0.0464. The molecule has 1 saturated carbocycles. The predicted molar refractivity (Wildman–Crippen MR) is 48.4 cm³/mol. The second-order valence-corrected chi connectivity index (χ2v) is 3.67. The van der Waals surface area contributed by atoms with E-state index < -0.39 is 6.16 Å². The van der Waals surface area contributed by atoms with Gasteiger partial charge in [-0.2, -0.15) is 0 Å². The SMILES string of the molecule is COC(=O)OCC1(N)CCCCC1. The summed E-state index contributed by atoms with van der Waals surface area (Å²) in [7, 11) is 1.30. The van der Waals surface area contributed by atoms with Gasteiger partial charge in [-0.1, -0.05) is 19.3 Å². The summed E-state index contributed by atoms with van der Waals surface area (Å²) in [6, 6.07) is 0. The third-order valence-electron chi connectivity index (χ3n) is 2.49. The van der Waals surface area contributed by atoms with Crippen molar-refractivity contribution in [1.82, 2.24) is 0 Å². The Balaban J connectivity index is 2.28. The van der Waals surface area contributed by atoms with Gasteiger partial charge < -0.3 is 15.2 Å². The van der Waals surface area contributed by atoms with Crippen LogP contribution < -0.4 is 5.73 Å². The van der Waals surface area contributed by atoms with Crippen LogP contribution >= 0.6 is 0 Å². The van der Waals surface area contributed by atoms with Crippen LogP contribution in [0.25, 0.3) is 0 Å². The smallest absolute Gasteiger partial charge is 0.438 e. The number of carbonyl (C=O) groups is 1. The van der Waals surface area contributed by atoms with Crippen LogP contribution in [0.5, 0.6) is 0 Å². The van der Waals surface area contributed by atoms with Crippen molar-refractivity contribution in [3.63, 3.8) is 0 Å². The highest BCUT2D eigenvalue weighted by Crippen LogP contribution is 2.25. The summed E-state index contributed by atoms with van der Waals surface area (Å²) >= 11 is 0. The van der Waals surface area contributed by atoms with E-state index in [1.807, 2.05) is 0 Å². The second kappa shape index (κ2) is 4.46. The van der Waals surface area contributed by atoms with E-state index in [-0.39, 0.29) is 12.1 Å². The summed E-state index contributed by atoms with van der Waals surface area (Å²) in [5, 5.41) is 0. The maximum Gasteiger partial charge on any atom is 0.508 e. The highest BCUT2D eigenvalue weighted by Gasteiger charge is 2.29. The summed E-state index contributed by atoms with van der Waals surface area (Å²) in [5.74, 6) is 0. The van der Waals surface area contributed by atoms with Crippen molar-refractivity contribution >= 4 is 6.16 Å². The molecule has 13 heavy (non-hydrogen) atoms. The van der Waals surface area contributed by atoms with Crippen molar-refractivity contribution in [2.75, 3.05) is 13.7 Å². The van der Waals surface area contributed by atoms with Crippen molar-refractivity contribution in [3.8, 4) is 0 Å². The third kappa shape index (κ3) is 3.22. The average molecular weight is 187 g/mol. The van der Waals surface area contributed by atoms with Crippen LogP contribution in [-0.4, -0.2) is 25.4 Å². The van der Waals surface area contributed by atoms with Crippen LogP contribution in [0.3, 0.4) is 0 Å². The number of methoxy groups -OCH3 is 1. The van der Waals surface area contributed by atoms with Crippen molar-refractivity contribution in [2.45, 2.75) is 37.6 Å². The molecule has 1 aliphatic carbocycles. The summed E-state index contributed by atoms with van der Waals surface area (Å²) in [6.45, 7) is 0.277. The molecule has 0 spiro atoms. The molecule has 0 atom stereocenters. The van der Waals surface area contributed by atoms with E-state index in [9.17, 15) is 4.79 Å². The van der Waals surface area contributed by atoms with Crippen LogP contribution in [-0.2, 0) is 9.47 Å². The molecule has 76 valence electrons.